The van der Waals surface area contributed by atoms with Gasteiger partial charge in [0.15, 0.2) is 5.65 Å². The Hall–Kier alpha value is -0.827. The average Bonchev–Trinajstić information content (AvgIpc) is 2.33. The van der Waals surface area contributed by atoms with Crippen molar-refractivity contribution in [1.29, 1.82) is 0 Å². The number of hydrogen-bond acceptors (Lipinski definition) is 3. The first kappa shape index (κ1) is 7.28. The van der Waals surface area contributed by atoms with Crippen molar-refractivity contribution in [3.8, 4) is 0 Å². The molecule has 0 aliphatic rings. The van der Waals surface area contributed by atoms with Crippen molar-refractivity contribution in [2.45, 2.75) is 0 Å². The number of rotatable bonds is 0. The fraction of sp³-hybridized carbons (Fsp3) is 0. The van der Waals surface area contributed by atoms with Crippen LogP contribution in [0, 0.1) is 0 Å². The minimum Gasteiger partial charge on any atom is -0.342 e. The molecule has 0 atom stereocenters. The number of nitrogens with one attached hydrogen (secondary N) is 1. The second-order valence-electron chi connectivity index (χ2n) is 1.66. The van der Waals surface area contributed by atoms with Crippen LogP contribution in [0.3, 0.4) is 0 Å². The molecular formula is C5H4N4Ru. The fourth-order valence-electron chi connectivity index (χ4n) is 0.691. The maximum absolute atomic E-state index is 3.91. The topological polar surface area (TPSA) is 54.5 Å². The van der Waals surface area contributed by atoms with E-state index in [1.807, 2.05) is 0 Å². The molecule has 2 aromatic rings. The van der Waals surface area contributed by atoms with Crippen molar-refractivity contribution in [2.75, 3.05) is 0 Å². The van der Waals surface area contributed by atoms with Gasteiger partial charge in [-0.2, -0.15) is 0 Å². The van der Waals surface area contributed by atoms with Gasteiger partial charge in [0.25, 0.3) is 0 Å². The number of aromatic amines is 1. The van der Waals surface area contributed by atoms with Crippen LogP contribution in [0.4, 0.5) is 0 Å². The SMILES string of the molecule is [Ru].c1ncc2[nH]cnc2n1. The summed E-state index contributed by atoms with van der Waals surface area (Å²) in [5.41, 5.74) is 1.59. The van der Waals surface area contributed by atoms with Crippen LogP contribution in [-0.2, 0) is 19.5 Å². The standard InChI is InChI=1S/C5H4N4.Ru/c1-4-5(8-2-6-1)9-3-7-4;/h1-3H,(H,6,7,8,9);. The van der Waals surface area contributed by atoms with Gasteiger partial charge in [-0.1, -0.05) is 0 Å². The monoisotopic (exact) mass is 222 g/mol. The first-order valence-electron chi connectivity index (χ1n) is 2.56. The molecule has 0 spiro atoms. The molecule has 2 aromatic heterocycles. The molecule has 0 aromatic carbocycles. The Kier molecular flexibility index (Phi) is 2.07. The first-order valence-corrected chi connectivity index (χ1v) is 2.56. The van der Waals surface area contributed by atoms with Gasteiger partial charge in [0.1, 0.15) is 11.8 Å². The molecule has 0 amide bonds. The summed E-state index contributed by atoms with van der Waals surface area (Å²) in [4.78, 5) is 14.5. The smallest absolute Gasteiger partial charge is 0.180 e. The van der Waals surface area contributed by atoms with E-state index >= 15 is 0 Å². The second-order valence-corrected chi connectivity index (χ2v) is 1.66. The van der Waals surface area contributed by atoms with Crippen LogP contribution in [-0.4, -0.2) is 19.9 Å². The maximum atomic E-state index is 3.91. The van der Waals surface area contributed by atoms with E-state index in [2.05, 4.69) is 19.9 Å². The summed E-state index contributed by atoms with van der Waals surface area (Å²) in [7, 11) is 0. The van der Waals surface area contributed by atoms with Gasteiger partial charge in [0, 0.05) is 19.5 Å². The predicted octanol–water partition coefficient (Wildman–Crippen LogP) is 0.350. The van der Waals surface area contributed by atoms with Crippen molar-refractivity contribution < 1.29 is 19.5 Å². The van der Waals surface area contributed by atoms with Gasteiger partial charge < -0.3 is 4.98 Å². The van der Waals surface area contributed by atoms with Gasteiger partial charge >= 0.3 is 0 Å². The maximum Gasteiger partial charge on any atom is 0.180 e. The van der Waals surface area contributed by atoms with Gasteiger partial charge in [0.05, 0.1) is 12.5 Å². The summed E-state index contributed by atoms with van der Waals surface area (Å²) < 4.78 is 0. The third-order valence-electron chi connectivity index (χ3n) is 1.10. The van der Waals surface area contributed by atoms with E-state index in [-0.39, 0.29) is 19.5 Å². The van der Waals surface area contributed by atoms with Crippen molar-refractivity contribution in [3.05, 3.63) is 18.9 Å². The molecule has 0 fully saturated rings. The molecule has 1 N–H and O–H groups in total. The van der Waals surface area contributed by atoms with Crippen LogP contribution in [0.1, 0.15) is 0 Å². The number of fused-ring (bicyclic) bond motifs is 1. The molecule has 5 heteroatoms. The Bertz CT molecular complexity index is 288. The zero-order valence-electron chi connectivity index (χ0n) is 4.93. The molecule has 4 nitrogen and oxygen atoms in total. The molecule has 2 heterocycles. The van der Waals surface area contributed by atoms with E-state index in [4.69, 9.17) is 0 Å². The molecule has 0 aliphatic heterocycles. The van der Waals surface area contributed by atoms with Gasteiger partial charge in [-0.15, -0.1) is 0 Å². The minimum atomic E-state index is 0. The minimum absolute atomic E-state index is 0. The molecule has 0 aliphatic carbocycles. The normalized spacial score (nSPS) is 9.20. The quantitative estimate of drug-likeness (QED) is 0.653. The van der Waals surface area contributed by atoms with Gasteiger partial charge in [-0.25, -0.2) is 15.0 Å². The van der Waals surface area contributed by atoms with E-state index in [9.17, 15) is 0 Å². The van der Waals surface area contributed by atoms with Crippen molar-refractivity contribution in [1.82, 2.24) is 19.9 Å². The van der Waals surface area contributed by atoms with Crippen molar-refractivity contribution in [3.63, 3.8) is 0 Å². The van der Waals surface area contributed by atoms with Crippen LogP contribution in [0.15, 0.2) is 18.9 Å². The zero-order valence-corrected chi connectivity index (χ0v) is 6.67. The third-order valence-corrected chi connectivity index (χ3v) is 1.10. The Labute approximate surface area is 69.9 Å². The molecule has 0 bridgehead atoms. The summed E-state index contributed by atoms with van der Waals surface area (Å²) >= 11 is 0. The summed E-state index contributed by atoms with van der Waals surface area (Å²) in [6.45, 7) is 0. The van der Waals surface area contributed by atoms with E-state index in [1.54, 1.807) is 12.5 Å². The Morgan fingerprint density at radius 2 is 2.20 bits per heavy atom. The second kappa shape index (κ2) is 2.84. The summed E-state index contributed by atoms with van der Waals surface area (Å²) in [6, 6.07) is 0. The van der Waals surface area contributed by atoms with E-state index in [0.717, 1.165) is 5.52 Å². The van der Waals surface area contributed by atoms with Crippen LogP contribution in [0.25, 0.3) is 11.2 Å². The number of aromatic nitrogens is 4. The number of hydrogen-bond donors (Lipinski definition) is 1. The van der Waals surface area contributed by atoms with E-state index < -0.39 is 0 Å². The molecule has 52 valence electrons. The van der Waals surface area contributed by atoms with Crippen LogP contribution < -0.4 is 0 Å². The van der Waals surface area contributed by atoms with E-state index in [0.29, 0.717) is 5.65 Å². The molecule has 0 radical (unpaired) electrons. The summed E-state index contributed by atoms with van der Waals surface area (Å²) in [6.07, 6.45) is 4.76. The Balaban J connectivity index is 0.000000500. The first-order chi connectivity index (χ1) is 4.47. The summed E-state index contributed by atoms with van der Waals surface area (Å²) in [5, 5.41) is 0. The van der Waals surface area contributed by atoms with Gasteiger partial charge in [-0.05, 0) is 0 Å². The Morgan fingerprint density at radius 3 is 3.00 bits per heavy atom. The molecule has 2 rings (SSSR count). The molecule has 10 heavy (non-hydrogen) atoms. The number of imidazole rings is 1. The van der Waals surface area contributed by atoms with E-state index in [1.165, 1.54) is 6.33 Å². The van der Waals surface area contributed by atoms with Gasteiger partial charge in [0.2, 0.25) is 0 Å². The largest absolute Gasteiger partial charge is 0.342 e. The Morgan fingerprint density at radius 1 is 1.30 bits per heavy atom. The third kappa shape index (κ3) is 1.05. The fourth-order valence-corrected chi connectivity index (χ4v) is 0.691. The van der Waals surface area contributed by atoms with Gasteiger partial charge in [-0.3, -0.25) is 0 Å². The molecule has 0 saturated carbocycles. The molecular weight excluding hydrogens is 217 g/mol. The molecule has 0 saturated heterocycles. The number of H-pyrrole nitrogens is 1. The van der Waals surface area contributed by atoms with Crippen LogP contribution in [0.2, 0.25) is 0 Å². The number of nitrogens with zero attached hydrogens (tertiary/aromatic N) is 3. The van der Waals surface area contributed by atoms with Crippen molar-refractivity contribution in [2.24, 2.45) is 0 Å². The molecule has 0 unspecified atom stereocenters. The average molecular weight is 221 g/mol. The van der Waals surface area contributed by atoms with Crippen LogP contribution >= 0.6 is 0 Å². The predicted molar refractivity (Wildman–Crippen MR) is 31.7 cm³/mol. The zero-order chi connectivity index (χ0) is 6.10. The summed E-state index contributed by atoms with van der Waals surface area (Å²) in [5.74, 6) is 0. The van der Waals surface area contributed by atoms with Crippen molar-refractivity contribution >= 4 is 11.2 Å². The van der Waals surface area contributed by atoms with Crippen LogP contribution in [0.5, 0.6) is 0 Å².